The quantitative estimate of drug-likeness (QED) is 0.755. The molecule has 8 heteroatoms. The molecule has 0 aromatic carbocycles. The van der Waals surface area contributed by atoms with Gasteiger partial charge in [-0.25, -0.2) is 4.98 Å². The lowest BCUT2D eigenvalue weighted by atomic mass is 10.3. The maximum absolute atomic E-state index is 12.5. The minimum Gasteiger partial charge on any atom is -0.353 e. The first-order valence-electron chi connectivity index (χ1n) is 8.68. The van der Waals surface area contributed by atoms with Crippen LogP contribution < -0.4 is 4.90 Å². The lowest BCUT2D eigenvalue weighted by Crippen LogP contribution is -2.49. The Labute approximate surface area is 151 Å². The van der Waals surface area contributed by atoms with E-state index in [-0.39, 0.29) is 5.91 Å². The van der Waals surface area contributed by atoms with E-state index in [1.54, 1.807) is 6.20 Å². The minimum absolute atomic E-state index is 0.168. The van der Waals surface area contributed by atoms with E-state index in [0.29, 0.717) is 11.7 Å². The first-order valence-corrected chi connectivity index (χ1v) is 9.67. The lowest BCUT2D eigenvalue weighted by Gasteiger charge is -2.35. The Bertz CT molecular complexity index is 737. The van der Waals surface area contributed by atoms with Gasteiger partial charge in [-0.1, -0.05) is 17.8 Å². The highest BCUT2D eigenvalue weighted by molar-refractivity contribution is 7.99. The molecule has 2 fully saturated rings. The van der Waals surface area contributed by atoms with Crippen LogP contribution in [0.15, 0.2) is 29.6 Å². The van der Waals surface area contributed by atoms with Crippen LogP contribution in [0.3, 0.4) is 0 Å². The zero-order chi connectivity index (χ0) is 17.2. The molecule has 1 aliphatic heterocycles. The van der Waals surface area contributed by atoms with E-state index in [9.17, 15) is 4.79 Å². The number of thioether (sulfide) groups is 1. The Morgan fingerprint density at radius 2 is 2.00 bits per heavy atom. The monoisotopic (exact) mass is 358 g/mol. The fraction of sp³-hybridized carbons (Fsp3) is 0.529. The molecule has 1 saturated heterocycles. The van der Waals surface area contributed by atoms with Gasteiger partial charge in [-0.15, -0.1) is 10.2 Å². The van der Waals surface area contributed by atoms with Crippen LogP contribution in [0.25, 0.3) is 0 Å². The van der Waals surface area contributed by atoms with Crippen LogP contribution in [0.5, 0.6) is 0 Å². The smallest absolute Gasteiger partial charge is 0.233 e. The van der Waals surface area contributed by atoms with Crippen molar-refractivity contribution in [3.63, 3.8) is 0 Å². The number of aromatic nitrogens is 4. The van der Waals surface area contributed by atoms with Crippen molar-refractivity contribution in [1.29, 1.82) is 0 Å². The summed E-state index contributed by atoms with van der Waals surface area (Å²) in [5.74, 6) is 3.19. The summed E-state index contributed by atoms with van der Waals surface area (Å²) in [5.41, 5.74) is 0. The van der Waals surface area contributed by atoms with Crippen LogP contribution in [0.2, 0.25) is 0 Å². The molecular formula is C17H22N6OS. The number of pyridine rings is 1. The van der Waals surface area contributed by atoms with E-state index < -0.39 is 0 Å². The number of amides is 1. The molecule has 0 atom stereocenters. The molecule has 2 aromatic rings. The van der Waals surface area contributed by atoms with Gasteiger partial charge in [0.05, 0.1) is 5.75 Å². The second kappa shape index (κ2) is 7.03. The number of hydrogen-bond acceptors (Lipinski definition) is 6. The Kier molecular flexibility index (Phi) is 4.61. The van der Waals surface area contributed by atoms with Gasteiger partial charge < -0.3 is 14.4 Å². The average molecular weight is 358 g/mol. The normalized spacial score (nSPS) is 17.8. The molecule has 0 unspecified atom stereocenters. The van der Waals surface area contributed by atoms with Gasteiger partial charge in [-0.2, -0.15) is 0 Å². The maximum Gasteiger partial charge on any atom is 0.233 e. The summed E-state index contributed by atoms with van der Waals surface area (Å²) in [6.07, 6.45) is 4.21. The highest BCUT2D eigenvalue weighted by atomic mass is 32.2. The van der Waals surface area contributed by atoms with Gasteiger partial charge in [0.25, 0.3) is 0 Å². The lowest BCUT2D eigenvalue weighted by molar-refractivity contribution is -0.128. The summed E-state index contributed by atoms with van der Waals surface area (Å²) in [6.45, 7) is 3.12. The SMILES string of the molecule is Cn1c(SCC(=O)N2CCN(c3ccccn3)CC2)nnc1C1CC1. The average Bonchev–Trinajstić information content (AvgIpc) is 3.44. The van der Waals surface area contributed by atoms with Crippen molar-refractivity contribution in [2.24, 2.45) is 7.05 Å². The molecule has 0 N–H and O–H groups in total. The van der Waals surface area contributed by atoms with E-state index >= 15 is 0 Å². The van der Waals surface area contributed by atoms with E-state index in [1.807, 2.05) is 34.7 Å². The van der Waals surface area contributed by atoms with E-state index in [1.165, 1.54) is 24.6 Å². The molecule has 0 radical (unpaired) electrons. The number of carbonyl (C=O) groups excluding carboxylic acids is 1. The predicted octanol–water partition coefficient (Wildman–Crippen LogP) is 1.53. The molecule has 2 aliphatic rings. The van der Waals surface area contributed by atoms with Crippen molar-refractivity contribution in [1.82, 2.24) is 24.6 Å². The van der Waals surface area contributed by atoms with Crippen LogP contribution in [0, 0.1) is 0 Å². The number of rotatable bonds is 5. The van der Waals surface area contributed by atoms with Crippen LogP contribution >= 0.6 is 11.8 Å². The number of nitrogens with zero attached hydrogens (tertiary/aromatic N) is 6. The predicted molar refractivity (Wildman–Crippen MR) is 96.7 cm³/mol. The van der Waals surface area contributed by atoms with Gasteiger partial charge in [0.2, 0.25) is 5.91 Å². The fourth-order valence-electron chi connectivity index (χ4n) is 3.09. The van der Waals surface area contributed by atoms with Gasteiger partial charge in [-0.05, 0) is 25.0 Å². The molecule has 7 nitrogen and oxygen atoms in total. The van der Waals surface area contributed by atoms with Crippen LogP contribution in [-0.2, 0) is 11.8 Å². The van der Waals surface area contributed by atoms with E-state index in [2.05, 4.69) is 20.1 Å². The summed E-state index contributed by atoms with van der Waals surface area (Å²) in [6, 6.07) is 5.92. The first-order chi connectivity index (χ1) is 12.2. The summed E-state index contributed by atoms with van der Waals surface area (Å²) in [4.78, 5) is 21.0. The topological polar surface area (TPSA) is 67.2 Å². The standard InChI is InChI=1S/C17H22N6OS/c1-21-16(13-5-6-13)19-20-17(21)25-12-15(24)23-10-8-22(9-11-23)14-4-2-3-7-18-14/h2-4,7,13H,5-6,8-12H2,1H3. The summed E-state index contributed by atoms with van der Waals surface area (Å²) in [7, 11) is 1.99. The largest absolute Gasteiger partial charge is 0.353 e. The first kappa shape index (κ1) is 16.4. The van der Waals surface area contributed by atoms with Crippen molar-refractivity contribution in [3.05, 3.63) is 30.2 Å². The van der Waals surface area contributed by atoms with Gasteiger partial charge in [-0.3, -0.25) is 4.79 Å². The van der Waals surface area contributed by atoms with Crippen molar-refractivity contribution < 1.29 is 4.79 Å². The zero-order valence-electron chi connectivity index (χ0n) is 14.3. The maximum atomic E-state index is 12.5. The van der Waals surface area contributed by atoms with E-state index in [0.717, 1.165) is 43.0 Å². The Balaban J connectivity index is 1.28. The number of carbonyl (C=O) groups is 1. The third kappa shape index (κ3) is 3.63. The Hall–Kier alpha value is -2.09. The van der Waals surface area contributed by atoms with Gasteiger partial charge in [0, 0.05) is 45.3 Å². The van der Waals surface area contributed by atoms with Crippen molar-refractivity contribution >= 4 is 23.5 Å². The molecule has 0 bridgehead atoms. The molecule has 25 heavy (non-hydrogen) atoms. The van der Waals surface area contributed by atoms with E-state index in [4.69, 9.17) is 0 Å². The fourth-order valence-corrected chi connectivity index (χ4v) is 3.91. The molecule has 1 aliphatic carbocycles. The highest BCUT2D eigenvalue weighted by Gasteiger charge is 2.29. The third-order valence-corrected chi connectivity index (χ3v) is 5.75. The highest BCUT2D eigenvalue weighted by Crippen LogP contribution is 2.39. The van der Waals surface area contributed by atoms with Crippen molar-refractivity contribution in [3.8, 4) is 0 Å². The second-order valence-corrected chi connectivity index (χ2v) is 7.46. The molecule has 1 amide bonds. The zero-order valence-corrected chi connectivity index (χ0v) is 15.2. The molecule has 3 heterocycles. The molecule has 4 rings (SSSR count). The molecule has 2 aromatic heterocycles. The number of piperazine rings is 1. The second-order valence-electron chi connectivity index (χ2n) is 6.52. The Morgan fingerprint density at radius 3 is 2.68 bits per heavy atom. The minimum atomic E-state index is 0.168. The van der Waals surface area contributed by atoms with Gasteiger partial charge in [0.1, 0.15) is 11.6 Å². The van der Waals surface area contributed by atoms with Gasteiger partial charge in [0.15, 0.2) is 5.16 Å². The molecule has 1 saturated carbocycles. The van der Waals surface area contributed by atoms with Crippen LogP contribution in [-0.4, -0.2) is 62.5 Å². The third-order valence-electron chi connectivity index (χ3n) is 4.74. The van der Waals surface area contributed by atoms with Crippen LogP contribution in [0.4, 0.5) is 5.82 Å². The van der Waals surface area contributed by atoms with Crippen LogP contribution in [0.1, 0.15) is 24.6 Å². The summed E-state index contributed by atoms with van der Waals surface area (Å²) in [5, 5.41) is 9.34. The molecule has 132 valence electrons. The molecule has 0 spiro atoms. The summed E-state index contributed by atoms with van der Waals surface area (Å²) < 4.78 is 2.04. The van der Waals surface area contributed by atoms with Crippen molar-refractivity contribution in [2.45, 2.75) is 23.9 Å². The number of anilines is 1. The van der Waals surface area contributed by atoms with Gasteiger partial charge >= 0.3 is 0 Å². The molecular weight excluding hydrogens is 336 g/mol. The Morgan fingerprint density at radius 1 is 1.20 bits per heavy atom. The van der Waals surface area contributed by atoms with Crippen molar-refractivity contribution in [2.75, 3.05) is 36.8 Å². The number of hydrogen-bond donors (Lipinski definition) is 0. The summed E-state index contributed by atoms with van der Waals surface area (Å²) >= 11 is 1.48.